The van der Waals surface area contributed by atoms with E-state index in [4.69, 9.17) is 4.74 Å². The van der Waals surface area contributed by atoms with Crippen molar-refractivity contribution in [2.45, 2.75) is 12.5 Å². The van der Waals surface area contributed by atoms with Gasteiger partial charge in [0.1, 0.15) is 12.4 Å². The Hall–Kier alpha value is -2.35. The van der Waals surface area contributed by atoms with E-state index in [0.29, 0.717) is 25.3 Å². The molecule has 1 unspecified atom stereocenters. The van der Waals surface area contributed by atoms with Crippen LogP contribution in [-0.2, 0) is 9.84 Å². The lowest BCUT2D eigenvalue weighted by atomic mass is 10.2. The lowest BCUT2D eigenvalue weighted by Gasteiger charge is -2.12. The maximum absolute atomic E-state index is 11.7. The fourth-order valence-corrected chi connectivity index (χ4v) is 4.30. The summed E-state index contributed by atoms with van der Waals surface area (Å²) in [5.74, 6) is 0.861. The lowest BCUT2D eigenvalue weighted by molar-refractivity contribution is 0.233. The number of nitrogens with one attached hydrogen (secondary N) is 2. The number of fused-ring (bicyclic) bond motifs is 1. The molecule has 1 saturated heterocycles. The lowest BCUT2D eigenvalue weighted by Crippen LogP contribution is -2.43. The molecule has 1 aliphatic heterocycles. The van der Waals surface area contributed by atoms with Crippen LogP contribution in [0.4, 0.5) is 4.79 Å². The van der Waals surface area contributed by atoms with Gasteiger partial charge in [-0.25, -0.2) is 13.2 Å². The molecule has 1 fully saturated rings. The fourth-order valence-electron chi connectivity index (χ4n) is 2.62. The maximum atomic E-state index is 11.7. The molecule has 128 valence electrons. The van der Waals surface area contributed by atoms with Gasteiger partial charge in [-0.1, -0.05) is 6.07 Å². The molecule has 1 aromatic heterocycles. The first-order chi connectivity index (χ1) is 11.5. The second-order valence-electron chi connectivity index (χ2n) is 5.71. The molecule has 0 aliphatic carbocycles. The SMILES string of the molecule is O=C(NCCOc1ccc2ncccc2c1)NC1CCS(=O)(=O)C1. The third-order valence-electron chi connectivity index (χ3n) is 3.80. The zero-order valence-electron chi connectivity index (χ0n) is 13.1. The number of benzene rings is 1. The minimum Gasteiger partial charge on any atom is -0.492 e. The Bertz CT molecular complexity index is 838. The van der Waals surface area contributed by atoms with Crippen molar-refractivity contribution in [1.29, 1.82) is 0 Å². The van der Waals surface area contributed by atoms with E-state index in [0.717, 1.165) is 10.9 Å². The predicted molar refractivity (Wildman–Crippen MR) is 90.8 cm³/mol. The predicted octanol–water partition coefficient (Wildman–Crippen LogP) is 1.10. The van der Waals surface area contributed by atoms with Gasteiger partial charge in [-0.3, -0.25) is 4.98 Å². The van der Waals surface area contributed by atoms with Crippen LogP contribution < -0.4 is 15.4 Å². The Morgan fingerprint density at radius 3 is 3.00 bits per heavy atom. The number of carbonyl (C=O) groups excluding carboxylic acids is 1. The summed E-state index contributed by atoms with van der Waals surface area (Å²) in [5, 5.41) is 6.32. The summed E-state index contributed by atoms with van der Waals surface area (Å²) < 4.78 is 28.3. The molecule has 3 rings (SSSR count). The van der Waals surface area contributed by atoms with Crippen LogP contribution in [-0.4, -0.2) is 50.1 Å². The molecule has 0 spiro atoms. The van der Waals surface area contributed by atoms with E-state index in [2.05, 4.69) is 15.6 Å². The Morgan fingerprint density at radius 2 is 2.21 bits per heavy atom. The van der Waals surface area contributed by atoms with Gasteiger partial charge in [0, 0.05) is 17.6 Å². The molecule has 0 bridgehead atoms. The van der Waals surface area contributed by atoms with Crippen LogP contribution >= 0.6 is 0 Å². The highest BCUT2D eigenvalue weighted by molar-refractivity contribution is 7.91. The third kappa shape index (κ3) is 4.35. The summed E-state index contributed by atoms with van der Waals surface area (Å²) in [7, 11) is -2.99. The second kappa shape index (κ2) is 7.04. The molecule has 24 heavy (non-hydrogen) atoms. The van der Waals surface area contributed by atoms with Crippen molar-refractivity contribution >= 4 is 26.8 Å². The minimum absolute atomic E-state index is 0.0159. The van der Waals surface area contributed by atoms with Crippen LogP contribution in [0.15, 0.2) is 36.5 Å². The fraction of sp³-hybridized carbons (Fsp3) is 0.375. The molecule has 8 heteroatoms. The van der Waals surface area contributed by atoms with E-state index >= 15 is 0 Å². The monoisotopic (exact) mass is 349 g/mol. The van der Waals surface area contributed by atoms with Crippen molar-refractivity contribution in [3.63, 3.8) is 0 Å². The molecular weight excluding hydrogens is 330 g/mol. The highest BCUT2D eigenvalue weighted by Crippen LogP contribution is 2.18. The number of ether oxygens (including phenoxy) is 1. The largest absolute Gasteiger partial charge is 0.492 e. The normalized spacial score (nSPS) is 19.1. The summed E-state index contributed by atoms with van der Waals surface area (Å²) in [6.45, 7) is 0.651. The zero-order chi connectivity index (χ0) is 17.0. The van der Waals surface area contributed by atoms with Crippen LogP contribution in [0.2, 0.25) is 0 Å². The third-order valence-corrected chi connectivity index (χ3v) is 5.57. The van der Waals surface area contributed by atoms with E-state index in [9.17, 15) is 13.2 Å². The molecule has 1 atom stereocenters. The van der Waals surface area contributed by atoms with Crippen molar-refractivity contribution in [2.75, 3.05) is 24.7 Å². The first kappa shape index (κ1) is 16.5. The summed E-state index contributed by atoms with van der Waals surface area (Å²) >= 11 is 0. The Morgan fingerprint density at radius 1 is 1.33 bits per heavy atom. The average molecular weight is 349 g/mol. The summed E-state index contributed by atoms with van der Waals surface area (Å²) in [4.78, 5) is 16.0. The van der Waals surface area contributed by atoms with Gasteiger partial charge in [0.25, 0.3) is 0 Å². The quantitative estimate of drug-likeness (QED) is 0.788. The Kier molecular flexibility index (Phi) is 4.84. The molecule has 1 aliphatic rings. The van der Waals surface area contributed by atoms with Gasteiger partial charge in [0.15, 0.2) is 9.84 Å². The number of aromatic nitrogens is 1. The van der Waals surface area contributed by atoms with Gasteiger partial charge in [0.2, 0.25) is 0 Å². The first-order valence-corrected chi connectivity index (χ1v) is 9.56. The molecule has 2 amide bonds. The van der Waals surface area contributed by atoms with Gasteiger partial charge in [0.05, 0.1) is 23.6 Å². The van der Waals surface area contributed by atoms with Crippen LogP contribution in [0.25, 0.3) is 10.9 Å². The molecule has 7 nitrogen and oxygen atoms in total. The molecular formula is C16H19N3O4S. The number of sulfone groups is 1. The molecule has 1 aromatic carbocycles. The Labute approximate surface area is 140 Å². The van der Waals surface area contributed by atoms with Crippen LogP contribution in [0, 0.1) is 0 Å². The summed E-state index contributed by atoms with van der Waals surface area (Å²) in [6, 6.07) is 8.75. The maximum Gasteiger partial charge on any atom is 0.315 e. The van der Waals surface area contributed by atoms with Gasteiger partial charge in [-0.2, -0.15) is 0 Å². The van der Waals surface area contributed by atoms with E-state index in [1.54, 1.807) is 6.20 Å². The topological polar surface area (TPSA) is 97.4 Å². The number of hydrogen-bond acceptors (Lipinski definition) is 5. The summed E-state index contributed by atoms with van der Waals surface area (Å²) in [5.41, 5.74) is 0.897. The van der Waals surface area contributed by atoms with Crippen molar-refractivity contribution in [2.24, 2.45) is 0 Å². The number of urea groups is 1. The standard InChI is InChI=1S/C16H19N3O4S/c20-16(19-13-5-9-24(21,22)11-13)18-7-8-23-14-3-4-15-12(10-14)2-1-6-17-15/h1-4,6,10,13H,5,7-9,11H2,(H2,18,19,20). The van der Waals surface area contributed by atoms with Crippen LogP contribution in [0.5, 0.6) is 5.75 Å². The van der Waals surface area contributed by atoms with E-state index in [-0.39, 0.29) is 23.6 Å². The summed E-state index contributed by atoms with van der Waals surface area (Å²) in [6.07, 6.45) is 2.21. The Balaban J connectivity index is 1.40. The number of pyridine rings is 1. The zero-order valence-corrected chi connectivity index (χ0v) is 13.9. The van der Waals surface area contributed by atoms with Crippen molar-refractivity contribution < 1.29 is 17.9 Å². The van der Waals surface area contributed by atoms with E-state index in [1.165, 1.54) is 0 Å². The van der Waals surface area contributed by atoms with Gasteiger partial charge in [-0.15, -0.1) is 0 Å². The van der Waals surface area contributed by atoms with Crippen LogP contribution in [0.1, 0.15) is 6.42 Å². The highest BCUT2D eigenvalue weighted by atomic mass is 32.2. The van der Waals surface area contributed by atoms with Crippen molar-refractivity contribution in [1.82, 2.24) is 15.6 Å². The number of hydrogen-bond donors (Lipinski definition) is 2. The van der Waals surface area contributed by atoms with Gasteiger partial charge < -0.3 is 15.4 Å². The van der Waals surface area contributed by atoms with Crippen LogP contribution in [0.3, 0.4) is 0 Å². The number of nitrogens with zero attached hydrogens (tertiary/aromatic N) is 1. The first-order valence-electron chi connectivity index (χ1n) is 7.74. The molecule has 2 heterocycles. The number of amides is 2. The highest BCUT2D eigenvalue weighted by Gasteiger charge is 2.28. The smallest absolute Gasteiger partial charge is 0.315 e. The molecule has 0 saturated carbocycles. The van der Waals surface area contributed by atoms with E-state index in [1.807, 2.05) is 30.3 Å². The van der Waals surface area contributed by atoms with Gasteiger partial charge in [-0.05, 0) is 30.7 Å². The minimum atomic E-state index is -2.99. The van der Waals surface area contributed by atoms with Gasteiger partial charge >= 0.3 is 6.03 Å². The average Bonchev–Trinajstić information content (AvgIpc) is 2.90. The van der Waals surface area contributed by atoms with E-state index < -0.39 is 9.84 Å². The van der Waals surface area contributed by atoms with Crippen molar-refractivity contribution in [3.8, 4) is 5.75 Å². The second-order valence-corrected chi connectivity index (χ2v) is 7.94. The number of carbonyl (C=O) groups is 1. The molecule has 2 N–H and O–H groups in total. The number of rotatable bonds is 5. The van der Waals surface area contributed by atoms with Crippen molar-refractivity contribution in [3.05, 3.63) is 36.5 Å². The molecule has 0 radical (unpaired) electrons. The molecule has 2 aromatic rings.